The first-order valence-corrected chi connectivity index (χ1v) is 12.8. The molecule has 38 heavy (non-hydrogen) atoms. The minimum absolute atomic E-state index is 0.185. The molecule has 9 heteroatoms. The van der Waals surface area contributed by atoms with Crippen molar-refractivity contribution >= 4 is 34.6 Å². The van der Waals surface area contributed by atoms with Crippen molar-refractivity contribution in [2.45, 2.75) is 25.9 Å². The van der Waals surface area contributed by atoms with Crippen molar-refractivity contribution in [3.63, 3.8) is 0 Å². The number of aromatic nitrogens is 2. The molecule has 3 heterocycles. The Morgan fingerprint density at radius 3 is 2.55 bits per heavy atom. The second-order valence-corrected chi connectivity index (χ2v) is 9.18. The summed E-state index contributed by atoms with van der Waals surface area (Å²) < 4.78 is 13.3. The topological polar surface area (TPSA) is 80.7 Å². The summed E-state index contributed by atoms with van der Waals surface area (Å²) in [4.78, 5) is 18.6. The Hall–Kier alpha value is -4.37. The van der Waals surface area contributed by atoms with Gasteiger partial charge in [0, 0.05) is 36.4 Å². The van der Waals surface area contributed by atoms with E-state index in [1.807, 2.05) is 79.9 Å². The lowest BCUT2D eigenvalue weighted by Gasteiger charge is -2.29. The zero-order valence-corrected chi connectivity index (χ0v) is 22.2. The molecule has 2 atom stereocenters. The first kappa shape index (κ1) is 25.3. The highest BCUT2D eigenvalue weighted by molar-refractivity contribution is 7.80. The van der Waals surface area contributed by atoms with E-state index in [4.69, 9.17) is 21.7 Å². The van der Waals surface area contributed by atoms with Gasteiger partial charge in [0.25, 0.3) is 0 Å². The number of benzene rings is 2. The minimum Gasteiger partial charge on any atom is -0.495 e. The summed E-state index contributed by atoms with van der Waals surface area (Å²) in [5.74, 6) is 1.21. The van der Waals surface area contributed by atoms with Gasteiger partial charge in [0.1, 0.15) is 17.5 Å². The van der Waals surface area contributed by atoms with Gasteiger partial charge in [0.05, 0.1) is 31.1 Å². The summed E-state index contributed by atoms with van der Waals surface area (Å²) >= 11 is 5.89. The Morgan fingerprint density at radius 1 is 1.08 bits per heavy atom. The van der Waals surface area contributed by atoms with E-state index in [1.165, 1.54) is 6.92 Å². The number of hydrogen-bond donors (Lipinski definition) is 2. The van der Waals surface area contributed by atoms with E-state index < -0.39 is 0 Å². The minimum atomic E-state index is -0.238. The van der Waals surface area contributed by atoms with Crippen LogP contribution in [0.5, 0.6) is 11.5 Å². The number of hydrogen-bond acceptors (Lipinski definition) is 5. The van der Waals surface area contributed by atoms with Crippen LogP contribution in [0.2, 0.25) is 0 Å². The third-order valence-electron chi connectivity index (χ3n) is 6.38. The van der Waals surface area contributed by atoms with Gasteiger partial charge in [-0.15, -0.1) is 0 Å². The number of carbonyl (C=O) groups is 1. The molecular formula is C29H29N5O3S. The smallest absolute Gasteiger partial charge is 0.221 e. The van der Waals surface area contributed by atoms with Crippen LogP contribution < -0.4 is 25.0 Å². The maximum atomic E-state index is 11.9. The van der Waals surface area contributed by atoms with Crippen LogP contribution in [-0.2, 0) is 4.79 Å². The molecule has 1 amide bonds. The number of thiocarbonyl (C=S) groups is 1. The number of ether oxygens (including phenoxy) is 2. The molecule has 0 unspecified atom stereocenters. The number of nitrogens with one attached hydrogen (secondary N) is 2. The molecule has 2 aromatic carbocycles. The molecule has 8 nitrogen and oxygen atoms in total. The van der Waals surface area contributed by atoms with Crippen molar-refractivity contribution < 1.29 is 14.3 Å². The maximum absolute atomic E-state index is 11.9. The van der Waals surface area contributed by atoms with Crippen molar-refractivity contribution in [2.75, 3.05) is 23.9 Å². The lowest BCUT2D eigenvalue weighted by Crippen LogP contribution is -2.30. The first-order valence-electron chi connectivity index (χ1n) is 12.4. The molecule has 1 saturated heterocycles. The fourth-order valence-electron chi connectivity index (χ4n) is 4.81. The van der Waals surface area contributed by atoms with E-state index in [0.29, 0.717) is 23.2 Å². The highest BCUT2D eigenvalue weighted by Gasteiger charge is 2.42. The second kappa shape index (κ2) is 10.9. The lowest BCUT2D eigenvalue weighted by atomic mass is 10.0. The van der Waals surface area contributed by atoms with Crippen molar-refractivity contribution in [2.24, 2.45) is 0 Å². The van der Waals surface area contributed by atoms with E-state index in [9.17, 15) is 4.79 Å². The summed E-state index contributed by atoms with van der Waals surface area (Å²) in [6.07, 6.45) is 3.82. The lowest BCUT2D eigenvalue weighted by molar-refractivity contribution is -0.114. The number of methoxy groups -OCH3 is 1. The van der Waals surface area contributed by atoms with Gasteiger partial charge < -0.3 is 29.6 Å². The Kier molecular flexibility index (Phi) is 7.28. The Morgan fingerprint density at radius 2 is 1.87 bits per heavy atom. The molecule has 1 fully saturated rings. The van der Waals surface area contributed by atoms with Gasteiger partial charge in [-0.2, -0.15) is 0 Å². The predicted molar refractivity (Wildman–Crippen MR) is 152 cm³/mol. The number of pyridine rings is 1. The average molecular weight is 528 g/mol. The molecule has 0 bridgehead atoms. The summed E-state index contributed by atoms with van der Waals surface area (Å²) in [6.45, 7) is 4.05. The van der Waals surface area contributed by atoms with Gasteiger partial charge in [-0.3, -0.25) is 9.78 Å². The molecule has 0 aliphatic carbocycles. The van der Waals surface area contributed by atoms with Crippen LogP contribution >= 0.6 is 12.2 Å². The van der Waals surface area contributed by atoms with Gasteiger partial charge in [0.15, 0.2) is 5.11 Å². The average Bonchev–Trinajstić information content (AvgIpc) is 3.54. The summed E-state index contributed by atoms with van der Waals surface area (Å²) in [5.41, 5.74) is 4.28. The molecule has 5 rings (SSSR count). The highest BCUT2D eigenvalue weighted by Crippen LogP contribution is 2.43. The monoisotopic (exact) mass is 527 g/mol. The third kappa shape index (κ3) is 4.92. The van der Waals surface area contributed by atoms with E-state index in [1.54, 1.807) is 13.3 Å². The summed E-state index contributed by atoms with van der Waals surface area (Å²) in [5, 5.41) is 6.92. The fraction of sp³-hybridized carbons (Fsp3) is 0.207. The maximum Gasteiger partial charge on any atom is 0.221 e. The van der Waals surface area contributed by atoms with Gasteiger partial charge in [-0.05, 0) is 85.9 Å². The van der Waals surface area contributed by atoms with Gasteiger partial charge in [-0.25, -0.2) is 0 Å². The third-order valence-corrected chi connectivity index (χ3v) is 6.69. The van der Waals surface area contributed by atoms with Crippen LogP contribution in [0.1, 0.15) is 37.3 Å². The number of amides is 1. The quantitative estimate of drug-likeness (QED) is 0.296. The molecule has 2 N–H and O–H groups in total. The number of carbonyl (C=O) groups excluding carboxylic acids is 1. The Balaban J connectivity index is 1.62. The zero-order valence-electron chi connectivity index (χ0n) is 21.4. The van der Waals surface area contributed by atoms with Crippen molar-refractivity contribution in [1.29, 1.82) is 0 Å². The standard InChI is InChI=1S/C29H29N5O3S/c1-4-37-22-13-10-20(11-14-22)33-17-7-9-25(33)28-27(23-8-5-6-16-30-23)32-29(38)34(28)21-12-15-26(36-3)24(18-21)31-19(2)35/h5-18,27-28H,4H2,1-3H3,(H,31,35)(H,32,38)/t27-,28+/m1/s1. The van der Waals surface area contributed by atoms with E-state index in [-0.39, 0.29) is 18.0 Å². The van der Waals surface area contributed by atoms with E-state index in [2.05, 4.69) is 31.2 Å². The molecular weight excluding hydrogens is 498 g/mol. The van der Waals surface area contributed by atoms with Crippen LogP contribution in [0.25, 0.3) is 5.69 Å². The molecule has 194 valence electrons. The molecule has 4 aromatic rings. The Labute approximate surface area is 227 Å². The van der Waals surface area contributed by atoms with Crippen molar-refractivity contribution in [3.8, 4) is 17.2 Å². The number of rotatable bonds is 8. The Bertz CT molecular complexity index is 1440. The van der Waals surface area contributed by atoms with E-state index >= 15 is 0 Å². The highest BCUT2D eigenvalue weighted by atomic mass is 32.1. The van der Waals surface area contributed by atoms with Crippen molar-refractivity contribution in [3.05, 3.63) is 96.6 Å². The van der Waals surface area contributed by atoms with Crippen LogP contribution in [-0.4, -0.2) is 34.3 Å². The number of anilines is 2. The van der Waals surface area contributed by atoms with E-state index in [0.717, 1.165) is 28.5 Å². The molecule has 0 spiro atoms. The van der Waals surface area contributed by atoms with Gasteiger partial charge in [-0.1, -0.05) is 6.07 Å². The second-order valence-electron chi connectivity index (χ2n) is 8.79. The zero-order chi connectivity index (χ0) is 26.6. The molecule has 1 aliphatic rings. The van der Waals surface area contributed by atoms with Crippen LogP contribution in [0.4, 0.5) is 11.4 Å². The first-order chi connectivity index (χ1) is 18.5. The van der Waals surface area contributed by atoms with Crippen LogP contribution in [0.15, 0.2) is 85.2 Å². The van der Waals surface area contributed by atoms with Gasteiger partial charge >= 0.3 is 0 Å². The predicted octanol–water partition coefficient (Wildman–Crippen LogP) is 5.42. The number of nitrogens with zero attached hydrogens (tertiary/aromatic N) is 3. The SMILES string of the molecule is CCOc1ccc(-n2cccc2[C@H]2[C@@H](c3ccccn3)NC(=S)N2c2ccc(OC)c(NC(C)=O)c2)cc1. The normalized spacial score (nSPS) is 16.7. The molecule has 2 aromatic heterocycles. The molecule has 1 aliphatic heterocycles. The van der Waals surface area contributed by atoms with Crippen LogP contribution in [0.3, 0.4) is 0 Å². The largest absolute Gasteiger partial charge is 0.495 e. The fourth-order valence-corrected chi connectivity index (χ4v) is 5.15. The van der Waals surface area contributed by atoms with Crippen molar-refractivity contribution in [1.82, 2.24) is 14.9 Å². The summed E-state index contributed by atoms with van der Waals surface area (Å²) in [7, 11) is 1.58. The summed E-state index contributed by atoms with van der Waals surface area (Å²) in [6, 6.07) is 23.2. The van der Waals surface area contributed by atoms with Gasteiger partial charge in [0.2, 0.25) is 5.91 Å². The molecule has 0 radical (unpaired) electrons. The van der Waals surface area contributed by atoms with Crippen LogP contribution in [0, 0.1) is 0 Å². The molecule has 0 saturated carbocycles.